The van der Waals surface area contributed by atoms with Crippen LogP contribution in [0.5, 0.6) is 0 Å². The van der Waals surface area contributed by atoms with Crippen molar-refractivity contribution in [2.45, 2.75) is 19.9 Å². The fourth-order valence-corrected chi connectivity index (χ4v) is 4.54. The van der Waals surface area contributed by atoms with Crippen molar-refractivity contribution in [3.63, 3.8) is 0 Å². The molecule has 1 N–H and O–H groups in total. The summed E-state index contributed by atoms with van der Waals surface area (Å²) in [6.07, 6.45) is 3.41. The van der Waals surface area contributed by atoms with Gasteiger partial charge in [0.25, 0.3) is 0 Å². The highest BCUT2D eigenvalue weighted by atomic mass is 35.5. The molecular formula is C26H27ClN4. The molecule has 1 fully saturated rings. The van der Waals surface area contributed by atoms with Gasteiger partial charge in [-0.25, -0.2) is 4.98 Å². The number of hydrogen-bond acceptors (Lipinski definition) is 3. The van der Waals surface area contributed by atoms with E-state index in [0.29, 0.717) is 0 Å². The van der Waals surface area contributed by atoms with Crippen molar-refractivity contribution in [3.8, 4) is 22.4 Å². The first kappa shape index (κ1) is 20.3. The van der Waals surface area contributed by atoms with Crippen molar-refractivity contribution < 1.29 is 0 Å². The Hall–Kier alpha value is -2.66. The Morgan fingerprint density at radius 2 is 1.74 bits per heavy atom. The Morgan fingerprint density at radius 3 is 2.58 bits per heavy atom. The lowest BCUT2D eigenvalue weighted by atomic mass is 10.0. The van der Waals surface area contributed by atoms with Crippen LogP contribution in [0.15, 0.2) is 66.9 Å². The van der Waals surface area contributed by atoms with Crippen LogP contribution in [-0.4, -0.2) is 40.5 Å². The quantitative estimate of drug-likeness (QED) is 0.468. The van der Waals surface area contributed by atoms with E-state index in [4.69, 9.17) is 16.6 Å². The van der Waals surface area contributed by atoms with Crippen LogP contribution < -0.4 is 5.32 Å². The molecule has 0 saturated carbocycles. The SMILES string of the molecule is Cc1ccccc1-c1ccc2nc(-c3ccc(Cl)cc3)c(CN3CCCNCC3)n2c1. The third-order valence-electron chi connectivity index (χ3n) is 6.10. The van der Waals surface area contributed by atoms with E-state index in [1.54, 1.807) is 0 Å². The van der Waals surface area contributed by atoms with E-state index in [1.165, 1.54) is 28.8 Å². The van der Waals surface area contributed by atoms with E-state index >= 15 is 0 Å². The maximum atomic E-state index is 6.15. The Morgan fingerprint density at radius 1 is 0.935 bits per heavy atom. The zero-order valence-corrected chi connectivity index (χ0v) is 18.6. The molecule has 2 aromatic heterocycles. The normalized spacial score (nSPS) is 15.3. The maximum Gasteiger partial charge on any atom is 0.137 e. The number of rotatable bonds is 4. The molecule has 1 saturated heterocycles. The summed E-state index contributed by atoms with van der Waals surface area (Å²) in [5.74, 6) is 0. The largest absolute Gasteiger partial charge is 0.315 e. The molecule has 0 spiro atoms. The molecule has 5 rings (SSSR count). The topological polar surface area (TPSA) is 32.6 Å². The fraction of sp³-hybridized carbons (Fsp3) is 0.269. The molecule has 5 heteroatoms. The number of aryl methyl sites for hydroxylation is 1. The van der Waals surface area contributed by atoms with Crippen molar-refractivity contribution in [2.75, 3.05) is 26.2 Å². The van der Waals surface area contributed by atoms with Gasteiger partial charge in [-0.1, -0.05) is 48.0 Å². The first-order chi connectivity index (χ1) is 15.2. The van der Waals surface area contributed by atoms with Crippen LogP contribution >= 0.6 is 11.6 Å². The van der Waals surface area contributed by atoms with Crippen molar-refractivity contribution in [1.29, 1.82) is 0 Å². The minimum absolute atomic E-state index is 0.745. The lowest BCUT2D eigenvalue weighted by Crippen LogP contribution is -2.28. The highest BCUT2D eigenvalue weighted by Gasteiger charge is 2.19. The number of nitrogens with one attached hydrogen (secondary N) is 1. The van der Waals surface area contributed by atoms with Gasteiger partial charge in [0.15, 0.2) is 0 Å². The number of benzene rings is 2. The number of imidazole rings is 1. The summed E-state index contributed by atoms with van der Waals surface area (Å²) in [6.45, 7) is 7.30. The Balaban J connectivity index is 1.64. The number of aromatic nitrogens is 2. The molecular weight excluding hydrogens is 404 g/mol. The summed E-state index contributed by atoms with van der Waals surface area (Å²) >= 11 is 6.15. The highest BCUT2D eigenvalue weighted by Crippen LogP contribution is 2.30. The van der Waals surface area contributed by atoms with E-state index in [1.807, 2.05) is 12.1 Å². The second-order valence-electron chi connectivity index (χ2n) is 8.25. The third kappa shape index (κ3) is 4.24. The molecule has 158 valence electrons. The number of pyridine rings is 1. The predicted molar refractivity (Wildman–Crippen MR) is 129 cm³/mol. The molecule has 2 aromatic carbocycles. The second kappa shape index (κ2) is 8.83. The third-order valence-corrected chi connectivity index (χ3v) is 6.35. The zero-order valence-electron chi connectivity index (χ0n) is 17.8. The standard InChI is InChI=1S/C26H27ClN4/c1-19-5-2-3-6-23(19)21-9-12-25-29-26(20-7-10-22(27)11-8-20)24(31(25)17-21)18-30-15-4-13-28-14-16-30/h2-3,5-12,17,28H,4,13-16,18H2,1H3. The van der Waals surface area contributed by atoms with E-state index in [9.17, 15) is 0 Å². The van der Waals surface area contributed by atoms with Crippen LogP contribution in [0, 0.1) is 6.92 Å². The lowest BCUT2D eigenvalue weighted by molar-refractivity contribution is 0.281. The first-order valence-electron chi connectivity index (χ1n) is 10.9. The minimum atomic E-state index is 0.745. The summed E-state index contributed by atoms with van der Waals surface area (Å²) in [6, 6.07) is 20.9. The van der Waals surface area contributed by atoms with Crippen LogP contribution in [0.4, 0.5) is 0 Å². The molecule has 0 amide bonds. The maximum absolute atomic E-state index is 6.15. The van der Waals surface area contributed by atoms with Gasteiger partial charge in [-0.05, 0) is 67.4 Å². The number of hydrogen-bond donors (Lipinski definition) is 1. The van der Waals surface area contributed by atoms with Crippen molar-refractivity contribution >= 4 is 17.2 Å². The zero-order chi connectivity index (χ0) is 21.2. The number of halogens is 1. The number of nitrogens with zero attached hydrogens (tertiary/aromatic N) is 3. The monoisotopic (exact) mass is 430 g/mol. The molecule has 1 aliphatic heterocycles. The summed E-state index contributed by atoms with van der Waals surface area (Å²) < 4.78 is 2.28. The van der Waals surface area contributed by atoms with Gasteiger partial charge in [-0.15, -0.1) is 0 Å². The average Bonchev–Trinajstić information content (AvgIpc) is 2.94. The van der Waals surface area contributed by atoms with Crippen LogP contribution in [0.25, 0.3) is 28.0 Å². The predicted octanol–water partition coefficient (Wildman–Crippen LogP) is 5.43. The molecule has 0 aliphatic carbocycles. The smallest absolute Gasteiger partial charge is 0.137 e. The van der Waals surface area contributed by atoms with Gasteiger partial charge in [0, 0.05) is 36.4 Å². The average molecular weight is 431 g/mol. The van der Waals surface area contributed by atoms with E-state index < -0.39 is 0 Å². The van der Waals surface area contributed by atoms with Gasteiger partial charge in [-0.3, -0.25) is 4.90 Å². The molecule has 3 heterocycles. The summed E-state index contributed by atoms with van der Waals surface area (Å²) in [4.78, 5) is 7.57. The van der Waals surface area contributed by atoms with Crippen molar-refractivity contribution in [3.05, 3.63) is 83.1 Å². The van der Waals surface area contributed by atoms with E-state index in [0.717, 1.165) is 54.7 Å². The van der Waals surface area contributed by atoms with Gasteiger partial charge in [0.1, 0.15) is 5.65 Å². The summed E-state index contributed by atoms with van der Waals surface area (Å²) in [5.41, 5.74) is 8.10. The van der Waals surface area contributed by atoms with E-state index in [2.05, 4.69) is 76.3 Å². The minimum Gasteiger partial charge on any atom is -0.315 e. The van der Waals surface area contributed by atoms with Crippen LogP contribution in [0.1, 0.15) is 17.7 Å². The molecule has 0 unspecified atom stereocenters. The molecule has 0 bridgehead atoms. The molecule has 0 atom stereocenters. The molecule has 31 heavy (non-hydrogen) atoms. The highest BCUT2D eigenvalue weighted by molar-refractivity contribution is 6.30. The molecule has 1 aliphatic rings. The van der Waals surface area contributed by atoms with Gasteiger partial charge in [0.2, 0.25) is 0 Å². The molecule has 0 radical (unpaired) electrons. The Bertz CT molecular complexity index is 1190. The van der Waals surface area contributed by atoms with Crippen LogP contribution in [0.2, 0.25) is 5.02 Å². The van der Waals surface area contributed by atoms with Gasteiger partial charge in [-0.2, -0.15) is 0 Å². The number of fused-ring (bicyclic) bond motifs is 1. The van der Waals surface area contributed by atoms with Crippen molar-refractivity contribution in [1.82, 2.24) is 19.6 Å². The summed E-state index contributed by atoms with van der Waals surface area (Å²) in [5, 5.41) is 4.25. The Kier molecular flexibility index (Phi) is 5.77. The lowest BCUT2D eigenvalue weighted by Gasteiger charge is -2.20. The fourth-order valence-electron chi connectivity index (χ4n) is 4.41. The Labute approximate surface area is 188 Å². The molecule has 4 nitrogen and oxygen atoms in total. The summed E-state index contributed by atoms with van der Waals surface area (Å²) in [7, 11) is 0. The first-order valence-corrected chi connectivity index (χ1v) is 11.3. The van der Waals surface area contributed by atoms with Gasteiger partial charge >= 0.3 is 0 Å². The van der Waals surface area contributed by atoms with E-state index in [-0.39, 0.29) is 0 Å². The van der Waals surface area contributed by atoms with Crippen LogP contribution in [-0.2, 0) is 6.54 Å². The van der Waals surface area contributed by atoms with Gasteiger partial charge in [0.05, 0.1) is 11.4 Å². The van der Waals surface area contributed by atoms with Crippen LogP contribution in [0.3, 0.4) is 0 Å². The van der Waals surface area contributed by atoms with Crippen molar-refractivity contribution in [2.24, 2.45) is 0 Å². The second-order valence-corrected chi connectivity index (χ2v) is 8.69. The molecule has 4 aromatic rings. The van der Waals surface area contributed by atoms with Gasteiger partial charge < -0.3 is 9.72 Å².